The number of methoxy groups -OCH3 is 1. The van der Waals surface area contributed by atoms with Crippen LogP contribution in [0.5, 0.6) is 17.2 Å². The lowest BCUT2D eigenvalue weighted by molar-refractivity contribution is -0.131. The van der Waals surface area contributed by atoms with Crippen molar-refractivity contribution in [2.75, 3.05) is 37.9 Å². The van der Waals surface area contributed by atoms with Gasteiger partial charge in [0, 0.05) is 42.1 Å². The molecule has 220 valence electrons. The molecule has 0 radical (unpaired) electrons. The third-order valence-electron chi connectivity index (χ3n) is 7.73. The number of amides is 3. The number of aromatic nitrogens is 1. The predicted molar refractivity (Wildman–Crippen MR) is 159 cm³/mol. The largest absolute Gasteiger partial charge is 0.496 e. The number of likely N-dealkylation sites (N-methyl/N-ethyl adjacent to an activating group) is 1. The molecule has 11 heteroatoms. The summed E-state index contributed by atoms with van der Waals surface area (Å²) in [5.41, 5.74) is 0.750. The fraction of sp³-hybridized carbons (Fsp3) is 0.250. The molecule has 1 aliphatic carbocycles. The predicted octanol–water partition coefficient (Wildman–Crippen LogP) is 4.58. The van der Waals surface area contributed by atoms with E-state index >= 15 is 0 Å². The van der Waals surface area contributed by atoms with E-state index in [2.05, 4.69) is 25.8 Å². The van der Waals surface area contributed by atoms with E-state index < -0.39 is 23.0 Å². The number of carbonyl (C=O) groups is 3. The normalized spacial score (nSPS) is 15.7. The molecule has 0 bridgehead atoms. The molecule has 0 unspecified atom stereocenters. The van der Waals surface area contributed by atoms with Crippen molar-refractivity contribution in [1.82, 2.24) is 15.2 Å². The van der Waals surface area contributed by atoms with Gasteiger partial charge in [-0.15, -0.1) is 0 Å². The third kappa shape index (κ3) is 5.84. The molecular weight excluding hydrogens is 553 g/mol. The Labute approximate surface area is 247 Å². The molecule has 1 aliphatic heterocycles. The second-order valence-corrected chi connectivity index (χ2v) is 10.9. The van der Waals surface area contributed by atoms with E-state index in [0.29, 0.717) is 57.9 Å². The van der Waals surface area contributed by atoms with Gasteiger partial charge in [-0.3, -0.25) is 19.4 Å². The standard InChI is InChI=1S/C32H30FN5O5/c1-38-17-22(18-38)35-29(39)25-15-24-26(16-28(25)42-2)34-14-11-27(24)43-23-9-7-21(8-10-23)37-31(41)32(12-13-32)30(40)36-20-5-3-19(33)4-6-20/h3-11,14-16,22H,12-13,17-18H2,1-2H3,(H,35,39)(H,36,40)(H,37,41). The van der Waals surface area contributed by atoms with Crippen molar-refractivity contribution in [2.24, 2.45) is 5.41 Å². The molecule has 43 heavy (non-hydrogen) atoms. The number of halogens is 1. The number of fused-ring (bicyclic) bond motifs is 1. The van der Waals surface area contributed by atoms with Crippen LogP contribution in [-0.2, 0) is 9.59 Å². The second kappa shape index (κ2) is 11.3. The number of nitrogens with one attached hydrogen (secondary N) is 3. The maximum absolute atomic E-state index is 13.2. The quantitative estimate of drug-likeness (QED) is 0.247. The van der Waals surface area contributed by atoms with Gasteiger partial charge in [0.15, 0.2) is 0 Å². The number of ether oxygens (including phenoxy) is 2. The number of rotatable bonds is 9. The zero-order valence-electron chi connectivity index (χ0n) is 23.6. The van der Waals surface area contributed by atoms with Crippen LogP contribution in [0.15, 0.2) is 72.9 Å². The minimum absolute atomic E-state index is 0.0838. The van der Waals surface area contributed by atoms with Gasteiger partial charge < -0.3 is 30.3 Å². The van der Waals surface area contributed by atoms with E-state index in [-0.39, 0.29) is 11.9 Å². The monoisotopic (exact) mass is 583 g/mol. The first kappa shape index (κ1) is 28.1. The fourth-order valence-corrected chi connectivity index (χ4v) is 5.09. The van der Waals surface area contributed by atoms with E-state index in [9.17, 15) is 18.8 Å². The summed E-state index contributed by atoms with van der Waals surface area (Å²) < 4.78 is 24.8. The summed E-state index contributed by atoms with van der Waals surface area (Å²) in [5.74, 6) is -0.0589. The van der Waals surface area contributed by atoms with Gasteiger partial charge in [0.25, 0.3) is 5.91 Å². The molecule has 10 nitrogen and oxygen atoms in total. The molecule has 2 fully saturated rings. The third-order valence-corrected chi connectivity index (χ3v) is 7.73. The molecule has 2 aliphatic rings. The van der Waals surface area contributed by atoms with Crippen molar-refractivity contribution < 1.29 is 28.2 Å². The van der Waals surface area contributed by atoms with Crippen LogP contribution in [0.4, 0.5) is 15.8 Å². The number of nitrogens with zero attached hydrogens (tertiary/aromatic N) is 2. The van der Waals surface area contributed by atoms with E-state index in [1.807, 2.05) is 7.05 Å². The summed E-state index contributed by atoms with van der Waals surface area (Å²) in [6.07, 6.45) is 2.46. The lowest BCUT2D eigenvalue weighted by Gasteiger charge is -2.36. The highest BCUT2D eigenvalue weighted by atomic mass is 19.1. The second-order valence-electron chi connectivity index (χ2n) is 10.9. The average Bonchev–Trinajstić information content (AvgIpc) is 3.80. The number of carbonyl (C=O) groups excluding carboxylic acids is 3. The van der Waals surface area contributed by atoms with Crippen LogP contribution in [0.1, 0.15) is 23.2 Å². The van der Waals surface area contributed by atoms with Crippen molar-refractivity contribution in [1.29, 1.82) is 0 Å². The van der Waals surface area contributed by atoms with Gasteiger partial charge in [-0.1, -0.05) is 0 Å². The first-order valence-electron chi connectivity index (χ1n) is 13.9. The van der Waals surface area contributed by atoms with Crippen LogP contribution in [0.25, 0.3) is 10.9 Å². The minimum Gasteiger partial charge on any atom is -0.496 e. The maximum Gasteiger partial charge on any atom is 0.255 e. The molecule has 3 aromatic carbocycles. The van der Waals surface area contributed by atoms with E-state index in [1.54, 1.807) is 48.7 Å². The van der Waals surface area contributed by atoms with Gasteiger partial charge >= 0.3 is 0 Å². The van der Waals surface area contributed by atoms with Gasteiger partial charge in [-0.2, -0.15) is 0 Å². The van der Waals surface area contributed by atoms with E-state index in [0.717, 1.165) is 13.1 Å². The van der Waals surface area contributed by atoms with Crippen molar-refractivity contribution in [3.8, 4) is 17.2 Å². The van der Waals surface area contributed by atoms with Crippen molar-refractivity contribution in [3.05, 3.63) is 84.3 Å². The number of benzene rings is 3. The van der Waals surface area contributed by atoms with Gasteiger partial charge in [0.1, 0.15) is 28.5 Å². The maximum atomic E-state index is 13.2. The molecule has 1 aromatic heterocycles. The molecule has 3 N–H and O–H groups in total. The van der Waals surface area contributed by atoms with Crippen molar-refractivity contribution in [3.63, 3.8) is 0 Å². The highest BCUT2D eigenvalue weighted by molar-refractivity contribution is 6.17. The Morgan fingerprint density at radius 3 is 2.12 bits per heavy atom. The number of hydrogen-bond acceptors (Lipinski definition) is 7. The van der Waals surface area contributed by atoms with E-state index in [4.69, 9.17) is 9.47 Å². The lowest BCUT2D eigenvalue weighted by atomic mass is 10.0. The Balaban J connectivity index is 1.14. The van der Waals surface area contributed by atoms with Crippen LogP contribution in [-0.4, -0.2) is 60.9 Å². The van der Waals surface area contributed by atoms with Gasteiger partial charge in [-0.05, 0) is 80.6 Å². The summed E-state index contributed by atoms with van der Waals surface area (Å²) in [6.45, 7) is 1.58. The number of hydrogen-bond donors (Lipinski definition) is 3. The zero-order valence-corrected chi connectivity index (χ0v) is 23.6. The first-order chi connectivity index (χ1) is 20.7. The average molecular weight is 584 g/mol. The number of likely N-dealkylation sites (tertiary alicyclic amines) is 1. The SMILES string of the molecule is COc1cc2nccc(Oc3ccc(NC(=O)C4(C(=O)Nc5ccc(F)cc5)CC4)cc3)c2cc1C(=O)NC1CN(C)C1. The van der Waals surface area contributed by atoms with Gasteiger partial charge in [0.05, 0.1) is 24.2 Å². The number of anilines is 2. The summed E-state index contributed by atoms with van der Waals surface area (Å²) in [7, 11) is 3.51. The molecule has 6 rings (SSSR count). The Kier molecular flexibility index (Phi) is 7.41. The molecule has 4 aromatic rings. The smallest absolute Gasteiger partial charge is 0.255 e. The Morgan fingerprint density at radius 1 is 0.907 bits per heavy atom. The van der Waals surface area contributed by atoms with Crippen molar-refractivity contribution in [2.45, 2.75) is 18.9 Å². The van der Waals surface area contributed by atoms with E-state index in [1.165, 1.54) is 31.4 Å². The molecule has 2 heterocycles. The summed E-state index contributed by atoms with van der Waals surface area (Å²) in [5, 5.41) is 9.19. The van der Waals surface area contributed by atoms with Gasteiger partial charge in [0.2, 0.25) is 11.8 Å². The van der Waals surface area contributed by atoms with Crippen LogP contribution >= 0.6 is 0 Å². The molecule has 1 saturated heterocycles. The van der Waals surface area contributed by atoms with Crippen LogP contribution < -0.4 is 25.4 Å². The summed E-state index contributed by atoms with van der Waals surface area (Å²) in [6, 6.07) is 17.4. The minimum atomic E-state index is -1.17. The molecular formula is C32H30FN5O5. The fourth-order valence-electron chi connectivity index (χ4n) is 5.09. The molecule has 1 saturated carbocycles. The lowest BCUT2D eigenvalue weighted by Crippen LogP contribution is -2.57. The number of pyridine rings is 1. The van der Waals surface area contributed by atoms with Crippen LogP contribution in [0.3, 0.4) is 0 Å². The van der Waals surface area contributed by atoms with Crippen LogP contribution in [0, 0.1) is 11.2 Å². The first-order valence-corrected chi connectivity index (χ1v) is 13.9. The topological polar surface area (TPSA) is 122 Å². The molecule has 0 atom stereocenters. The Morgan fingerprint density at radius 2 is 1.53 bits per heavy atom. The van der Waals surface area contributed by atoms with Crippen LogP contribution in [0.2, 0.25) is 0 Å². The summed E-state index contributed by atoms with van der Waals surface area (Å²) >= 11 is 0. The van der Waals surface area contributed by atoms with Gasteiger partial charge in [-0.25, -0.2) is 4.39 Å². The Hall–Kier alpha value is -5.03. The zero-order chi connectivity index (χ0) is 30.1. The molecule has 3 amide bonds. The highest BCUT2D eigenvalue weighted by Gasteiger charge is 2.56. The Bertz CT molecular complexity index is 1700. The molecule has 0 spiro atoms. The van der Waals surface area contributed by atoms with Crippen molar-refractivity contribution >= 4 is 40.0 Å². The highest BCUT2D eigenvalue weighted by Crippen LogP contribution is 2.47. The summed E-state index contributed by atoms with van der Waals surface area (Å²) in [4.78, 5) is 45.5.